The molecule has 11 nitrogen and oxygen atoms in total. The standard InChI is InChI=1S/C31H36O11/c1-17(32)38-24-20-15-23(41-27(35)21-13-10-14-37-21)30(6)25(39-18(2)33)22(40-26(34)19-11-8-7-9-12-19)16-29(5,36)31(24,30)42-28(20,3)4/h7-14,20,22-25,36H,15-16H2,1-6H3/t20-,22+,23+,24-,25+,29+,30-,31+/m1/s1. The lowest BCUT2D eigenvalue weighted by Gasteiger charge is -2.65. The van der Waals surface area contributed by atoms with Crippen LogP contribution in [-0.2, 0) is 33.3 Å². The highest BCUT2D eigenvalue weighted by atomic mass is 16.6. The number of carbonyl (C=O) groups excluding carboxylic acids is 4. The lowest BCUT2D eigenvalue weighted by atomic mass is 9.47. The number of furan rings is 1. The molecule has 1 saturated heterocycles. The number of benzene rings is 1. The molecule has 226 valence electrons. The molecule has 1 aromatic heterocycles. The smallest absolute Gasteiger partial charge is 0.374 e. The van der Waals surface area contributed by atoms with Gasteiger partial charge < -0.3 is 33.2 Å². The summed E-state index contributed by atoms with van der Waals surface area (Å²) >= 11 is 0. The first kappa shape index (κ1) is 29.8. The van der Waals surface area contributed by atoms with Crippen molar-refractivity contribution in [2.24, 2.45) is 11.3 Å². The monoisotopic (exact) mass is 584 g/mol. The van der Waals surface area contributed by atoms with Gasteiger partial charge in [0.2, 0.25) is 5.76 Å². The Morgan fingerprint density at radius 3 is 2.07 bits per heavy atom. The molecular weight excluding hydrogens is 548 g/mol. The van der Waals surface area contributed by atoms with E-state index in [9.17, 15) is 24.3 Å². The Morgan fingerprint density at radius 1 is 0.833 bits per heavy atom. The molecule has 2 saturated carbocycles. The predicted molar refractivity (Wildman–Crippen MR) is 144 cm³/mol. The average molecular weight is 585 g/mol. The molecule has 2 bridgehead atoms. The minimum Gasteiger partial charge on any atom is -0.459 e. The van der Waals surface area contributed by atoms with E-state index in [-0.39, 0.29) is 24.2 Å². The van der Waals surface area contributed by atoms with Gasteiger partial charge in [0, 0.05) is 26.2 Å². The fraction of sp³-hybridized carbons (Fsp3) is 0.548. The molecule has 0 amide bonds. The van der Waals surface area contributed by atoms with E-state index in [1.54, 1.807) is 57.2 Å². The zero-order chi connectivity index (χ0) is 30.7. The maximum absolute atomic E-state index is 13.3. The van der Waals surface area contributed by atoms with Crippen molar-refractivity contribution >= 4 is 23.9 Å². The summed E-state index contributed by atoms with van der Waals surface area (Å²) in [5.74, 6) is -3.36. The molecular formula is C31H36O11. The van der Waals surface area contributed by atoms with Gasteiger partial charge in [-0.1, -0.05) is 18.2 Å². The van der Waals surface area contributed by atoms with Crippen LogP contribution in [0.1, 0.15) is 75.3 Å². The molecule has 1 N–H and O–H groups in total. The van der Waals surface area contributed by atoms with E-state index in [1.807, 2.05) is 0 Å². The first-order valence-corrected chi connectivity index (χ1v) is 13.9. The maximum atomic E-state index is 13.3. The molecule has 5 rings (SSSR count). The van der Waals surface area contributed by atoms with Crippen molar-refractivity contribution in [2.45, 2.75) is 95.6 Å². The summed E-state index contributed by atoms with van der Waals surface area (Å²) in [4.78, 5) is 51.6. The third kappa shape index (κ3) is 4.50. The van der Waals surface area contributed by atoms with Crippen molar-refractivity contribution in [3.05, 3.63) is 60.1 Å². The van der Waals surface area contributed by atoms with E-state index in [0.29, 0.717) is 0 Å². The molecule has 1 aromatic carbocycles. The van der Waals surface area contributed by atoms with Crippen LogP contribution in [0.25, 0.3) is 0 Å². The lowest BCUT2D eigenvalue weighted by molar-refractivity contribution is -0.343. The zero-order valence-corrected chi connectivity index (χ0v) is 24.4. The second-order valence-corrected chi connectivity index (χ2v) is 12.3. The maximum Gasteiger partial charge on any atom is 0.374 e. The average Bonchev–Trinajstić information content (AvgIpc) is 3.50. The molecule has 2 aromatic rings. The number of rotatable bonds is 6. The quantitative estimate of drug-likeness (QED) is 0.392. The third-order valence-electron chi connectivity index (χ3n) is 9.17. The normalized spacial score (nSPS) is 36.3. The molecule has 0 unspecified atom stereocenters. The largest absolute Gasteiger partial charge is 0.459 e. The Bertz CT molecular complexity index is 1360. The van der Waals surface area contributed by atoms with Crippen molar-refractivity contribution in [3.8, 4) is 0 Å². The Hall–Kier alpha value is -3.70. The number of aliphatic hydroxyl groups is 1. The van der Waals surface area contributed by atoms with Crippen LogP contribution in [0.4, 0.5) is 0 Å². The highest BCUT2D eigenvalue weighted by Crippen LogP contribution is 2.69. The minimum atomic E-state index is -1.85. The number of esters is 4. The van der Waals surface area contributed by atoms with Crippen molar-refractivity contribution in [1.82, 2.24) is 0 Å². The van der Waals surface area contributed by atoms with Crippen molar-refractivity contribution in [1.29, 1.82) is 0 Å². The summed E-state index contributed by atoms with van der Waals surface area (Å²) in [6.07, 6.45) is -3.36. The summed E-state index contributed by atoms with van der Waals surface area (Å²) in [5, 5.41) is 12.4. The predicted octanol–water partition coefficient (Wildman–Crippen LogP) is 3.62. The van der Waals surface area contributed by atoms with Gasteiger partial charge in [-0.05, 0) is 58.4 Å². The molecule has 11 heteroatoms. The van der Waals surface area contributed by atoms with Crippen LogP contribution in [0.5, 0.6) is 0 Å². The van der Waals surface area contributed by atoms with E-state index >= 15 is 0 Å². The van der Waals surface area contributed by atoms with E-state index in [2.05, 4.69) is 0 Å². The molecule has 2 heterocycles. The van der Waals surface area contributed by atoms with E-state index in [4.69, 9.17) is 28.1 Å². The molecule has 1 spiro atoms. The summed E-state index contributed by atoms with van der Waals surface area (Å²) in [6, 6.07) is 11.2. The molecule has 1 aliphatic heterocycles. The number of fused-ring (bicyclic) bond motifs is 1. The number of hydrogen-bond donors (Lipinski definition) is 1. The van der Waals surface area contributed by atoms with E-state index < -0.39 is 76.4 Å². The van der Waals surface area contributed by atoms with Gasteiger partial charge in [0.05, 0.1) is 28.4 Å². The van der Waals surface area contributed by atoms with Crippen molar-refractivity contribution in [2.75, 3.05) is 0 Å². The summed E-state index contributed by atoms with van der Waals surface area (Å²) in [7, 11) is 0. The Balaban J connectivity index is 1.68. The fourth-order valence-electron chi connectivity index (χ4n) is 7.52. The van der Waals surface area contributed by atoms with Crippen LogP contribution >= 0.6 is 0 Å². The number of carbonyl (C=O) groups is 4. The Labute approximate surface area is 243 Å². The highest BCUT2D eigenvalue weighted by Gasteiger charge is 2.84. The highest BCUT2D eigenvalue weighted by molar-refractivity contribution is 5.89. The van der Waals surface area contributed by atoms with Crippen molar-refractivity contribution < 1.29 is 52.4 Å². The zero-order valence-electron chi connectivity index (χ0n) is 24.4. The van der Waals surface area contributed by atoms with Gasteiger partial charge in [-0.15, -0.1) is 0 Å². The first-order chi connectivity index (χ1) is 19.6. The van der Waals surface area contributed by atoms with Gasteiger partial charge >= 0.3 is 23.9 Å². The van der Waals surface area contributed by atoms with Crippen LogP contribution in [0.2, 0.25) is 0 Å². The minimum absolute atomic E-state index is 0.0547. The summed E-state index contributed by atoms with van der Waals surface area (Å²) in [5.41, 5.74) is -5.94. The van der Waals surface area contributed by atoms with Gasteiger partial charge in [0.15, 0.2) is 6.10 Å². The molecule has 0 radical (unpaired) electrons. The van der Waals surface area contributed by atoms with Gasteiger partial charge in [0.25, 0.3) is 0 Å². The molecule has 3 fully saturated rings. The van der Waals surface area contributed by atoms with Crippen molar-refractivity contribution in [3.63, 3.8) is 0 Å². The molecule has 42 heavy (non-hydrogen) atoms. The third-order valence-corrected chi connectivity index (χ3v) is 9.17. The first-order valence-electron chi connectivity index (χ1n) is 13.9. The Morgan fingerprint density at radius 2 is 1.48 bits per heavy atom. The number of ether oxygens (including phenoxy) is 5. The van der Waals surface area contributed by atoms with Crippen LogP contribution in [0.3, 0.4) is 0 Å². The van der Waals surface area contributed by atoms with E-state index in [1.165, 1.54) is 33.1 Å². The summed E-state index contributed by atoms with van der Waals surface area (Å²) in [6.45, 7) is 9.22. The molecule has 3 aliphatic rings. The van der Waals surface area contributed by atoms with Crippen LogP contribution < -0.4 is 0 Å². The lowest BCUT2D eigenvalue weighted by Crippen LogP contribution is -2.81. The SMILES string of the molecule is CC(=O)O[C@@H]1[C@H]2C[C@H](OC(=O)c3ccco3)[C@]3(C)[C@@H](OC(C)=O)[C@@H](OC(=O)c4ccccc4)C[C@](C)(O)[C@@]13OC2(C)C. The second-order valence-electron chi connectivity index (χ2n) is 12.3. The van der Waals surface area contributed by atoms with E-state index in [0.717, 1.165) is 0 Å². The van der Waals surface area contributed by atoms with Gasteiger partial charge in [0.1, 0.15) is 23.9 Å². The van der Waals surface area contributed by atoms with Crippen LogP contribution in [-0.4, -0.2) is 70.2 Å². The number of hydrogen-bond acceptors (Lipinski definition) is 11. The fourth-order valence-corrected chi connectivity index (χ4v) is 7.52. The van der Waals surface area contributed by atoms with Gasteiger partial charge in [-0.3, -0.25) is 9.59 Å². The second kappa shape index (κ2) is 10.2. The van der Waals surface area contributed by atoms with Crippen LogP contribution in [0.15, 0.2) is 53.1 Å². The topological polar surface area (TPSA) is 148 Å². The van der Waals surface area contributed by atoms with Gasteiger partial charge in [-0.2, -0.15) is 0 Å². The van der Waals surface area contributed by atoms with Crippen LogP contribution in [0, 0.1) is 11.3 Å². The summed E-state index contributed by atoms with van der Waals surface area (Å²) < 4.78 is 35.9. The molecule has 8 atom stereocenters. The Kier molecular flexibility index (Phi) is 7.26. The molecule has 2 aliphatic carbocycles. The van der Waals surface area contributed by atoms with Gasteiger partial charge in [-0.25, -0.2) is 9.59 Å².